The molecule has 0 aliphatic rings. The molecule has 0 amide bonds. The largest absolute Gasteiger partial charge is 0.314 e. The van der Waals surface area contributed by atoms with Gasteiger partial charge in [-0.2, -0.15) is 5.10 Å². The van der Waals surface area contributed by atoms with Gasteiger partial charge in [0.1, 0.15) is 0 Å². The van der Waals surface area contributed by atoms with Gasteiger partial charge in [0.25, 0.3) is 0 Å². The van der Waals surface area contributed by atoms with Crippen LogP contribution in [-0.4, -0.2) is 22.9 Å². The summed E-state index contributed by atoms with van der Waals surface area (Å²) in [6, 6.07) is 0.348. The number of halogens is 1. The van der Waals surface area contributed by atoms with Crippen molar-refractivity contribution >= 4 is 11.6 Å². The maximum Gasteiger partial charge on any atom is 0.0785 e. The molecule has 1 unspecified atom stereocenters. The second-order valence-corrected chi connectivity index (χ2v) is 4.48. The molecule has 3 nitrogen and oxygen atoms in total. The highest BCUT2D eigenvalue weighted by molar-refractivity contribution is 6.30. The minimum Gasteiger partial charge on any atom is -0.314 e. The van der Waals surface area contributed by atoms with Crippen molar-refractivity contribution in [2.45, 2.75) is 26.8 Å². The first-order valence-electron chi connectivity index (χ1n) is 5.00. The van der Waals surface area contributed by atoms with E-state index in [1.165, 1.54) is 0 Å². The van der Waals surface area contributed by atoms with Gasteiger partial charge in [-0.3, -0.25) is 4.68 Å². The van der Waals surface area contributed by atoms with Crippen LogP contribution in [0.25, 0.3) is 0 Å². The first-order valence-corrected chi connectivity index (χ1v) is 5.37. The topological polar surface area (TPSA) is 29.9 Å². The summed E-state index contributed by atoms with van der Waals surface area (Å²) in [6.45, 7) is 8.48. The molecule has 0 radical (unpaired) electrons. The van der Waals surface area contributed by atoms with E-state index in [1.54, 1.807) is 6.20 Å². The first kappa shape index (κ1) is 11.5. The zero-order valence-electron chi connectivity index (χ0n) is 9.00. The molecule has 4 heteroatoms. The van der Waals surface area contributed by atoms with Crippen LogP contribution in [0.15, 0.2) is 12.4 Å². The Hall–Kier alpha value is -0.540. The third kappa shape index (κ3) is 3.68. The molecule has 80 valence electrons. The third-order valence-electron chi connectivity index (χ3n) is 2.01. The number of nitrogens with zero attached hydrogens (tertiary/aromatic N) is 2. The van der Waals surface area contributed by atoms with Gasteiger partial charge in [-0.15, -0.1) is 0 Å². The van der Waals surface area contributed by atoms with Crippen molar-refractivity contribution in [3.63, 3.8) is 0 Å². The summed E-state index contributed by atoms with van der Waals surface area (Å²) in [6.07, 6.45) is 3.52. The zero-order chi connectivity index (χ0) is 10.6. The minimum absolute atomic E-state index is 0.348. The van der Waals surface area contributed by atoms with Gasteiger partial charge in [-0.05, 0) is 19.4 Å². The van der Waals surface area contributed by atoms with Crippen LogP contribution in [-0.2, 0) is 0 Å². The molecule has 0 fully saturated rings. The Balaban J connectivity index is 2.32. The van der Waals surface area contributed by atoms with E-state index >= 15 is 0 Å². The summed E-state index contributed by atoms with van der Waals surface area (Å²) < 4.78 is 1.88. The lowest BCUT2D eigenvalue weighted by atomic mass is 10.2. The average molecular weight is 216 g/mol. The van der Waals surface area contributed by atoms with Crippen LogP contribution in [0.2, 0.25) is 5.02 Å². The Morgan fingerprint density at radius 2 is 2.14 bits per heavy atom. The van der Waals surface area contributed by atoms with E-state index < -0.39 is 0 Å². The number of nitrogens with one attached hydrogen (secondary N) is 1. The average Bonchev–Trinajstić information content (AvgIpc) is 2.51. The van der Waals surface area contributed by atoms with Crippen molar-refractivity contribution < 1.29 is 0 Å². The predicted octanol–water partition coefficient (Wildman–Crippen LogP) is 2.34. The number of rotatable bonds is 5. The van der Waals surface area contributed by atoms with Crippen LogP contribution < -0.4 is 5.32 Å². The summed E-state index contributed by atoms with van der Waals surface area (Å²) in [4.78, 5) is 0. The first-order chi connectivity index (χ1) is 6.59. The SMILES string of the molecule is CC(C)CNCC(C)n1cc(Cl)cn1. The van der Waals surface area contributed by atoms with Gasteiger partial charge >= 0.3 is 0 Å². The van der Waals surface area contributed by atoms with Gasteiger partial charge in [0, 0.05) is 12.7 Å². The van der Waals surface area contributed by atoms with E-state index in [-0.39, 0.29) is 0 Å². The lowest BCUT2D eigenvalue weighted by molar-refractivity contribution is 0.435. The van der Waals surface area contributed by atoms with Crippen molar-refractivity contribution in [2.24, 2.45) is 5.92 Å². The van der Waals surface area contributed by atoms with Crippen molar-refractivity contribution in [2.75, 3.05) is 13.1 Å². The van der Waals surface area contributed by atoms with E-state index in [2.05, 4.69) is 31.2 Å². The highest BCUT2D eigenvalue weighted by Crippen LogP contribution is 2.09. The summed E-state index contributed by atoms with van der Waals surface area (Å²) in [7, 11) is 0. The predicted molar refractivity (Wildman–Crippen MR) is 59.7 cm³/mol. The second kappa shape index (κ2) is 5.37. The van der Waals surface area contributed by atoms with E-state index in [0.717, 1.165) is 13.1 Å². The molecule has 0 saturated heterocycles. The normalized spacial score (nSPS) is 13.5. The van der Waals surface area contributed by atoms with Crippen LogP contribution in [0.5, 0.6) is 0 Å². The van der Waals surface area contributed by atoms with E-state index in [4.69, 9.17) is 11.6 Å². The fourth-order valence-electron chi connectivity index (χ4n) is 1.23. The van der Waals surface area contributed by atoms with Gasteiger partial charge in [-0.1, -0.05) is 25.4 Å². The minimum atomic E-state index is 0.348. The molecule has 1 N–H and O–H groups in total. The van der Waals surface area contributed by atoms with Gasteiger partial charge in [0.05, 0.1) is 17.3 Å². The molecule has 0 saturated carbocycles. The van der Waals surface area contributed by atoms with Gasteiger partial charge in [0.15, 0.2) is 0 Å². The fraction of sp³-hybridized carbons (Fsp3) is 0.700. The molecular weight excluding hydrogens is 198 g/mol. The van der Waals surface area contributed by atoms with Gasteiger partial charge in [-0.25, -0.2) is 0 Å². The van der Waals surface area contributed by atoms with Crippen LogP contribution in [0.3, 0.4) is 0 Å². The number of hydrogen-bond acceptors (Lipinski definition) is 2. The maximum atomic E-state index is 5.79. The molecule has 0 aliphatic carbocycles. The molecular formula is C10H18ClN3. The number of hydrogen-bond donors (Lipinski definition) is 1. The van der Waals surface area contributed by atoms with Gasteiger partial charge in [0.2, 0.25) is 0 Å². The Bertz CT molecular complexity index is 270. The molecule has 1 heterocycles. The molecule has 1 rings (SSSR count). The molecule has 1 aromatic heterocycles. The molecule has 0 aliphatic heterocycles. The van der Waals surface area contributed by atoms with Crippen LogP contribution in [0.4, 0.5) is 0 Å². The second-order valence-electron chi connectivity index (χ2n) is 4.04. The zero-order valence-corrected chi connectivity index (χ0v) is 9.75. The molecule has 1 atom stereocenters. The molecule has 0 aromatic carbocycles. The summed E-state index contributed by atoms with van der Waals surface area (Å²) in [5.74, 6) is 0.684. The Labute approximate surface area is 90.4 Å². The lowest BCUT2D eigenvalue weighted by Gasteiger charge is -2.14. The standard InChI is InChI=1S/C10H18ClN3/c1-8(2)4-12-5-9(3)14-7-10(11)6-13-14/h6-9,12H,4-5H2,1-3H3. The van der Waals surface area contributed by atoms with Crippen LogP contribution >= 0.6 is 11.6 Å². The number of aromatic nitrogens is 2. The Morgan fingerprint density at radius 3 is 2.64 bits per heavy atom. The highest BCUT2D eigenvalue weighted by atomic mass is 35.5. The maximum absolute atomic E-state index is 5.79. The lowest BCUT2D eigenvalue weighted by Crippen LogP contribution is -2.27. The van der Waals surface area contributed by atoms with Crippen molar-refractivity contribution in [3.05, 3.63) is 17.4 Å². The van der Waals surface area contributed by atoms with E-state index in [1.807, 2.05) is 10.9 Å². The molecule has 0 bridgehead atoms. The quantitative estimate of drug-likeness (QED) is 0.817. The van der Waals surface area contributed by atoms with Crippen molar-refractivity contribution in [1.82, 2.24) is 15.1 Å². The van der Waals surface area contributed by atoms with E-state index in [9.17, 15) is 0 Å². The summed E-state index contributed by atoms with van der Waals surface area (Å²) >= 11 is 5.79. The fourth-order valence-corrected chi connectivity index (χ4v) is 1.37. The highest BCUT2D eigenvalue weighted by Gasteiger charge is 2.05. The molecule has 14 heavy (non-hydrogen) atoms. The van der Waals surface area contributed by atoms with Crippen LogP contribution in [0, 0.1) is 5.92 Å². The Morgan fingerprint density at radius 1 is 1.43 bits per heavy atom. The monoisotopic (exact) mass is 215 g/mol. The summed E-state index contributed by atoms with van der Waals surface area (Å²) in [5, 5.41) is 8.24. The Kier molecular flexibility index (Phi) is 4.42. The van der Waals surface area contributed by atoms with Crippen molar-refractivity contribution in [1.29, 1.82) is 0 Å². The van der Waals surface area contributed by atoms with Crippen LogP contribution in [0.1, 0.15) is 26.8 Å². The molecule has 1 aromatic rings. The summed E-state index contributed by atoms with van der Waals surface area (Å²) in [5.41, 5.74) is 0. The smallest absolute Gasteiger partial charge is 0.0785 e. The third-order valence-corrected chi connectivity index (χ3v) is 2.21. The molecule has 0 spiro atoms. The van der Waals surface area contributed by atoms with E-state index in [0.29, 0.717) is 17.0 Å². The van der Waals surface area contributed by atoms with Crippen molar-refractivity contribution in [3.8, 4) is 0 Å². The van der Waals surface area contributed by atoms with Gasteiger partial charge < -0.3 is 5.32 Å².